The van der Waals surface area contributed by atoms with Gasteiger partial charge in [-0.25, -0.2) is 9.48 Å². The minimum Gasteiger partial charge on any atom is -0.465 e. The molecule has 3 aromatic rings. The van der Waals surface area contributed by atoms with Crippen molar-refractivity contribution in [3.05, 3.63) is 86.7 Å². The number of nitrogens with zero attached hydrogens (tertiary/aromatic N) is 3. The molecule has 3 rings (SSSR count). The Balaban J connectivity index is 1.93. The molecule has 0 atom stereocenters. The molecule has 0 spiro atoms. The van der Waals surface area contributed by atoms with Gasteiger partial charge < -0.3 is 5.11 Å². The first-order valence-electron chi connectivity index (χ1n) is 8.42. The van der Waals surface area contributed by atoms with E-state index in [2.05, 4.69) is 21.0 Å². The molecule has 27 heavy (non-hydrogen) atoms. The number of amides is 1. The van der Waals surface area contributed by atoms with Gasteiger partial charge in [-0.3, -0.25) is 9.69 Å². The van der Waals surface area contributed by atoms with Crippen molar-refractivity contribution in [3.63, 3.8) is 0 Å². The molecule has 0 radical (unpaired) electrons. The van der Waals surface area contributed by atoms with Gasteiger partial charge in [0.1, 0.15) is 5.69 Å². The highest BCUT2D eigenvalue weighted by atomic mass is 79.9. The average molecular weight is 428 g/mol. The van der Waals surface area contributed by atoms with Gasteiger partial charge in [0.25, 0.3) is 0 Å². The maximum Gasteiger partial charge on any atom is 0.411 e. The Morgan fingerprint density at radius 3 is 2.67 bits per heavy atom. The Morgan fingerprint density at radius 1 is 1.19 bits per heavy atom. The predicted molar refractivity (Wildman–Crippen MR) is 108 cm³/mol. The maximum absolute atomic E-state index is 12.3. The van der Waals surface area contributed by atoms with Crippen molar-refractivity contribution < 1.29 is 9.90 Å². The second kappa shape index (κ2) is 8.18. The highest BCUT2D eigenvalue weighted by Gasteiger charge is 2.13. The fraction of sp³-hybridized carbons (Fsp3) is 0.150. The van der Waals surface area contributed by atoms with Crippen molar-refractivity contribution in [2.75, 3.05) is 11.4 Å². The highest BCUT2D eigenvalue weighted by Crippen LogP contribution is 2.18. The molecule has 0 saturated heterocycles. The summed E-state index contributed by atoms with van der Waals surface area (Å²) in [6.45, 7) is 2.12. The molecule has 1 amide bonds. The van der Waals surface area contributed by atoms with Crippen LogP contribution in [0.25, 0.3) is 5.69 Å². The summed E-state index contributed by atoms with van der Waals surface area (Å²) in [6.07, 6.45) is 0.941. The van der Waals surface area contributed by atoms with Crippen LogP contribution < -0.4 is 10.3 Å². The van der Waals surface area contributed by atoms with Crippen LogP contribution in [0.2, 0.25) is 0 Å². The lowest BCUT2D eigenvalue weighted by atomic mass is 10.1. The monoisotopic (exact) mass is 427 g/mol. The van der Waals surface area contributed by atoms with E-state index in [0.29, 0.717) is 24.3 Å². The number of carboxylic acid groups (broad SMARTS) is 1. The molecule has 6 nitrogen and oxygen atoms in total. The third-order valence-electron chi connectivity index (χ3n) is 4.09. The zero-order chi connectivity index (χ0) is 19.4. The molecule has 0 aliphatic heterocycles. The van der Waals surface area contributed by atoms with Crippen molar-refractivity contribution in [2.24, 2.45) is 0 Å². The summed E-state index contributed by atoms with van der Waals surface area (Å²) < 4.78 is 2.57. The third kappa shape index (κ3) is 4.43. The topological polar surface area (TPSA) is 75.4 Å². The van der Waals surface area contributed by atoms with Crippen LogP contribution in [0.5, 0.6) is 0 Å². The van der Waals surface area contributed by atoms with E-state index < -0.39 is 6.09 Å². The normalized spacial score (nSPS) is 10.6. The zero-order valence-corrected chi connectivity index (χ0v) is 16.3. The van der Waals surface area contributed by atoms with E-state index in [0.717, 1.165) is 15.7 Å². The molecule has 0 aliphatic carbocycles. The number of halogens is 1. The van der Waals surface area contributed by atoms with Crippen LogP contribution in [-0.2, 0) is 6.42 Å². The van der Waals surface area contributed by atoms with E-state index in [1.807, 2.05) is 30.3 Å². The van der Waals surface area contributed by atoms with Gasteiger partial charge in [-0.05, 0) is 42.8 Å². The fourth-order valence-electron chi connectivity index (χ4n) is 2.79. The lowest BCUT2D eigenvalue weighted by Crippen LogP contribution is -2.28. The van der Waals surface area contributed by atoms with Crippen molar-refractivity contribution in [1.29, 1.82) is 0 Å². The molecule has 0 unspecified atom stereocenters. The van der Waals surface area contributed by atoms with Crippen molar-refractivity contribution in [3.8, 4) is 5.69 Å². The zero-order valence-electron chi connectivity index (χ0n) is 14.7. The van der Waals surface area contributed by atoms with Crippen molar-refractivity contribution in [2.45, 2.75) is 13.3 Å². The highest BCUT2D eigenvalue weighted by molar-refractivity contribution is 9.10. The van der Waals surface area contributed by atoms with Crippen LogP contribution in [0.3, 0.4) is 0 Å². The van der Waals surface area contributed by atoms with Gasteiger partial charge in [0.05, 0.1) is 5.69 Å². The summed E-state index contributed by atoms with van der Waals surface area (Å²) in [5.41, 5.74) is 2.47. The Hall–Kier alpha value is -2.93. The number of rotatable bonds is 5. The number of hydrogen-bond acceptors (Lipinski definition) is 3. The largest absolute Gasteiger partial charge is 0.465 e. The van der Waals surface area contributed by atoms with Crippen LogP contribution in [0.4, 0.5) is 10.5 Å². The smallest absolute Gasteiger partial charge is 0.411 e. The number of carbonyl (C=O) groups is 1. The lowest BCUT2D eigenvalue weighted by molar-refractivity contribution is 0.202. The Morgan fingerprint density at radius 2 is 1.96 bits per heavy atom. The van der Waals surface area contributed by atoms with Gasteiger partial charge in [0.15, 0.2) is 0 Å². The summed E-state index contributed by atoms with van der Waals surface area (Å²) >= 11 is 3.43. The number of hydrogen-bond donors (Lipinski definition) is 1. The lowest BCUT2D eigenvalue weighted by Gasteiger charge is -2.17. The average Bonchev–Trinajstić information content (AvgIpc) is 2.64. The molecule has 2 aromatic carbocycles. The first-order chi connectivity index (χ1) is 13.0. The van der Waals surface area contributed by atoms with Gasteiger partial charge in [0.2, 0.25) is 5.43 Å². The molecular weight excluding hydrogens is 410 g/mol. The first-order valence-corrected chi connectivity index (χ1v) is 9.21. The summed E-state index contributed by atoms with van der Waals surface area (Å²) in [5, 5.41) is 13.8. The fourth-order valence-corrected chi connectivity index (χ4v) is 3.18. The molecule has 0 aliphatic rings. The van der Waals surface area contributed by atoms with E-state index in [1.54, 1.807) is 36.0 Å². The van der Waals surface area contributed by atoms with E-state index in [1.165, 1.54) is 11.0 Å². The van der Waals surface area contributed by atoms with Crippen molar-refractivity contribution in [1.82, 2.24) is 9.78 Å². The van der Waals surface area contributed by atoms with Crippen LogP contribution in [0.1, 0.15) is 18.2 Å². The number of benzene rings is 2. The Bertz CT molecular complexity index is 1030. The van der Waals surface area contributed by atoms with Gasteiger partial charge in [-0.2, -0.15) is 5.10 Å². The third-order valence-corrected chi connectivity index (χ3v) is 4.59. The van der Waals surface area contributed by atoms with E-state index in [9.17, 15) is 14.7 Å². The standard InChI is InChI=1S/C20H18BrN3O3/c1-2-23(20(26)27)16-7-3-5-14(11-16)12-18-19(25)9-10-24(22-18)17-8-4-6-15(21)13-17/h3-11,13H,2,12H2,1H3,(H,26,27). The molecule has 1 heterocycles. The van der Waals surface area contributed by atoms with E-state index >= 15 is 0 Å². The minimum absolute atomic E-state index is 0.155. The molecule has 7 heteroatoms. The first kappa shape index (κ1) is 18.8. The molecule has 1 N–H and O–H groups in total. The van der Waals surface area contributed by atoms with Crippen LogP contribution >= 0.6 is 15.9 Å². The SMILES string of the molecule is CCN(C(=O)O)c1cccc(Cc2nn(-c3cccc(Br)c3)ccc2=O)c1. The summed E-state index contributed by atoms with van der Waals surface area (Å²) in [4.78, 5) is 24.9. The molecule has 138 valence electrons. The number of anilines is 1. The second-order valence-corrected chi connectivity index (χ2v) is 6.84. The van der Waals surface area contributed by atoms with Gasteiger partial charge >= 0.3 is 6.09 Å². The van der Waals surface area contributed by atoms with Gasteiger partial charge in [0, 0.05) is 35.4 Å². The molecular formula is C20H18BrN3O3. The Labute approximate surface area is 164 Å². The molecule has 0 saturated carbocycles. The van der Waals surface area contributed by atoms with E-state index in [4.69, 9.17) is 0 Å². The molecule has 1 aromatic heterocycles. The summed E-state index contributed by atoms with van der Waals surface area (Å²) in [7, 11) is 0. The van der Waals surface area contributed by atoms with Crippen LogP contribution in [0, 0.1) is 0 Å². The molecule has 0 fully saturated rings. The summed E-state index contributed by atoms with van der Waals surface area (Å²) in [6, 6.07) is 16.3. The van der Waals surface area contributed by atoms with Crippen molar-refractivity contribution >= 4 is 27.7 Å². The second-order valence-electron chi connectivity index (χ2n) is 5.92. The molecule has 0 bridgehead atoms. The van der Waals surface area contributed by atoms with Gasteiger partial charge in [-0.1, -0.05) is 34.1 Å². The van der Waals surface area contributed by atoms with Crippen LogP contribution in [0.15, 0.2) is 70.1 Å². The minimum atomic E-state index is -1.01. The van der Waals surface area contributed by atoms with E-state index in [-0.39, 0.29) is 5.43 Å². The predicted octanol–water partition coefficient (Wildman–Crippen LogP) is 4.09. The quantitative estimate of drug-likeness (QED) is 0.664. The maximum atomic E-state index is 12.3. The Kier molecular flexibility index (Phi) is 5.71. The van der Waals surface area contributed by atoms with Gasteiger partial charge in [-0.15, -0.1) is 0 Å². The number of aromatic nitrogens is 2. The van der Waals surface area contributed by atoms with Crippen LogP contribution in [-0.4, -0.2) is 27.5 Å². The summed E-state index contributed by atoms with van der Waals surface area (Å²) in [5.74, 6) is 0.